The van der Waals surface area contributed by atoms with Gasteiger partial charge in [-0.1, -0.05) is 12.1 Å². The summed E-state index contributed by atoms with van der Waals surface area (Å²) in [5.74, 6) is -0.794. The number of hydrogen-bond donors (Lipinski definition) is 2. The number of hydrogen-bond acceptors (Lipinski definition) is 4. The molecule has 5 nitrogen and oxygen atoms in total. The first kappa shape index (κ1) is 21.1. The third kappa shape index (κ3) is 5.05. The molecule has 1 aromatic heterocycles. The number of pyridine rings is 1. The maximum absolute atomic E-state index is 13.0. The maximum Gasteiger partial charge on any atom is 0.416 e. The van der Waals surface area contributed by atoms with E-state index in [0.29, 0.717) is 6.54 Å². The Bertz CT molecular complexity index is 1040. The highest BCUT2D eigenvalue weighted by Crippen LogP contribution is 2.35. The molecule has 0 bridgehead atoms. The van der Waals surface area contributed by atoms with E-state index < -0.39 is 17.6 Å². The molecular weight excluding hydrogens is 402 g/mol. The Morgan fingerprint density at radius 1 is 1.10 bits per heavy atom. The zero-order chi connectivity index (χ0) is 21.7. The van der Waals surface area contributed by atoms with Crippen LogP contribution >= 0.6 is 0 Å². The second-order valence-electron chi connectivity index (χ2n) is 6.25. The summed E-state index contributed by atoms with van der Waals surface area (Å²) in [5.41, 5.74) is 0.156. The minimum Gasteiger partial charge on any atom is -0.495 e. The maximum atomic E-state index is 13.0. The molecular formula is C21H17F4N3O2. The second-order valence-corrected chi connectivity index (χ2v) is 6.25. The van der Waals surface area contributed by atoms with Crippen molar-refractivity contribution in [2.24, 2.45) is 0 Å². The predicted molar refractivity (Wildman–Crippen MR) is 104 cm³/mol. The SMILES string of the molecule is COc1cc(C(F)(F)F)ccc1NC(=O)c1cccnc1NCc1ccc(F)cc1. The van der Waals surface area contributed by atoms with Gasteiger partial charge >= 0.3 is 6.18 Å². The highest BCUT2D eigenvalue weighted by atomic mass is 19.4. The normalized spacial score (nSPS) is 11.1. The molecule has 1 heterocycles. The van der Waals surface area contributed by atoms with Crippen molar-refractivity contribution in [2.75, 3.05) is 17.7 Å². The molecule has 0 saturated heterocycles. The molecule has 156 valence electrons. The van der Waals surface area contributed by atoms with Crippen molar-refractivity contribution in [3.63, 3.8) is 0 Å². The molecule has 1 amide bonds. The summed E-state index contributed by atoms with van der Waals surface area (Å²) in [6.45, 7) is 0.293. The van der Waals surface area contributed by atoms with Gasteiger partial charge in [0.15, 0.2) is 0 Å². The molecule has 0 fully saturated rings. The van der Waals surface area contributed by atoms with Crippen LogP contribution in [0.1, 0.15) is 21.5 Å². The molecule has 3 aromatic rings. The molecule has 0 aliphatic carbocycles. The Kier molecular flexibility index (Phi) is 6.20. The summed E-state index contributed by atoms with van der Waals surface area (Å²) < 4.78 is 56.7. The summed E-state index contributed by atoms with van der Waals surface area (Å²) in [6.07, 6.45) is -3.04. The van der Waals surface area contributed by atoms with Crippen LogP contribution in [0.2, 0.25) is 0 Å². The van der Waals surface area contributed by atoms with Gasteiger partial charge in [-0.3, -0.25) is 4.79 Å². The van der Waals surface area contributed by atoms with Gasteiger partial charge in [-0.2, -0.15) is 13.2 Å². The number of alkyl halides is 3. The van der Waals surface area contributed by atoms with E-state index in [1.54, 1.807) is 18.2 Å². The molecule has 0 spiro atoms. The van der Waals surface area contributed by atoms with Crippen molar-refractivity contribution in [1.29, 1.82) is 0 Å². The Balaban J connectivity index is 1.78. The summed E-state index contributed by atoms with van der Waals surface area (Å²) in [7, 11) is 1.21. The van der Waals surface area contributed by atoms with Crippen molar-refractivity contribution in [3.8, 4) is 5.75 Å². The van der Waals surface area contributed by atoms with Crippen LogP contribution < -0.4 is 15.4 Å². The number of carbonyl (C=O) groups excluding carboxylic acids is 1. The van der Waals surface area contributed by atoms with Crippen molar-refractivity contribution in [2.45, 2.75) is 12.7 Å². The number of benzene rings is 2. The standard InChI is InChI=1S/C21H17F4N3O2/c1-30-18-11-14(21(23,24)25)6-9-17(18)28-20(29)16-3-2-10-26-19(16)27-12-13-4-7-15(22)8-5-13/h2-11H,12H2,1H3,(H,26,27)(H,28,29). The van der Waals surface area contributed by atoms with E-state index in [-0.39, 0.29) is 28.6 Å². The Morgan fingerprint density at radius 3 is 2.50 bits per heavy atom. The molecule has 0 aliphatic rings. The summed E-state index contributed by atoms with van der Waals surface area (Å²) >= 11 is 0. The molecule has 2 aromatic carbocycles. The van der Waals surface area contributed by atoms with Gasteiger partial charge in [-0.05, 0) is 48.0 Å². The van der Waals surface area contributed by atoms with Gasteiger partial charge in [0.2, 0.25) is 0 Å². The Morgan fingerprint density at radius 2 is 1.83 bits per heavy atom. The molecule has 0 atom stereocenters. The van der Waals surface area contributed by atoms with Gasteiger partial charge in [-0.15, -0.1) is 0 Å². The lowest BCUT2D eigenvalue weighted by Gasteiger charge is -2.15. The van der Waals surface area contributed by atoms with Gasteiger partial charge in [0, 0.05) is 12.7 Å². The lowest BCUT2D eigenvalue weighted by atomic mass is 10.1. The molecule has 0 radical (unpaired) electrons. The Labute approximate surface area is 169 Å². The first-order chi connectivity index (χ1) is 14.3. The number of nitrogens with zero attached hydrogens (tertiary/aromatic N) is 1. The summed E-state index contributed by atoms with van der Waals surface area (Å²) in [5, 5.41) is 5.54. The number of halogens is 4. The number of ether oxygens (including phenoxy) is 1. The average molecular weight is 419 g/mol. The van der Waals surface area contributed by atoms with E-state index in [2.05, 4.69) is 15.6 Å². The Hall–Kier alpha value is -3.62. The van der Waals surface area contributed by atoms with Crippen LogP contribution in [0.25, 0.3) is 0 Å². The number of aromatic nitrogens is 1. The van der Waals surface area contributed by atoms with Crippen LogP contribution in [0.3, 0.4) is 0 Å². The fourth-order valence-electron chi connectivity index (χ4n) is 2.68. The van der Waals surface area contributed by atoms with E-state index in [0.717, 1.165) is 23.8 Å². The van der Waals surface area contributed by atoms with Gasteiger partial charge < -0.3 is 15.4 Å². The van der Waals surface area contributed by atoms with Crippen LogP contribution in [0.15, 0.2) is 60.8 Å². The van der Waals surface area contributed by atoms with Gasteiger partial charge in [0.1, 0.15) is 17.4 Å². The molecule has 9 heteroatoms. The third-order valence-electron chi connectivity index (χ3n) is 4.20. The number of anilines is 2. The van der Waals surface area contributed by atoms with Crippen molar-refractivity contribution in [1.82, 2.24) is 4.98 Å². The van der Waals surface area contributed by atoms with E-state index in [1.807, 2.05) is 0 Å². The van der Waals surface area contributed by atoms with E-state index >= 15 is 0 Å². The van der Waals surface area contributed by atoms with E-state index in [4.69, 9.17) is 4.74 Å². The largest absolute Gasteiger partial charge is 0.495 e. The lowest BCUT2D eigenvalue weighted by Crippen LogP contribution is -2.16. The van der Waals surface area contributed by atoms with Crippen LogP contribution in [-0.4, -0.2) is 18.0 Å². The van der Waals surface area contributed by atoms with Crippen molar-refractivity contribution >= 4 is 17.4 Å². The highest BCUT2D eigenvalue weighted by Gasteiger charge is 2.31. The predicted octanol–water partition coefficient (Wildman–Crippen LogP) is 5.11. The van der Waals surface area contributed by atoms with Crippen molar-refractivity contribution in [3.05, 3.63) is 83.3 Å². The zero-order valence-electron chi connectivity index (χ0n) is 15.8. The highest BCUT2D eigenvalue weighted by molar-refractivity contribution is 6.08. The molecule has 0 saturated carbocycles. The van der Waals surface area contributed by atoms with Gasteiger partial charge in [-0.25, -0.2) is 9.37 Å². The van der Waals surface area contributed by atoms with E-state index in [9.17, 15) is 22.4 Å². The topological polar surface area (TPSA) is 63.2 Å². The minimum atomic E-state index is -4.53. The smallest absolute Gasteiger partial charge is 0.416 e. The van der Waals surface area contributed by atoms with Gasteiger partial charge in [0.05, 0.1) is 23.9 Å². The van der Waals surface area contributed by atoms with Crippen molar-refractivity contribution < 1.29 is 27.1 Å². The fourth-order valence-corrected chi connectivity index (χ4v) is 2.68. The minimum absolute atomic E-state index is 0.0869. The average Bonchev–Trinajstić information content (AvgIpc) is 2.73. The second kappa shape index (κ2) is 8.81. The number of nitrogens with one attached hydrogen (secondary N) is 2. The molecule has 0 aliphatic heterocycles. The van der Waals surface area contributed by atoms with E-state index in [1.165, 1.54) is 31.5 Å². The van der Waals surface area contributed by atoms with Crippen LogP contribution in [-0.2, 0) is 12.7 Å². The number of rotatable bonds is 6. The van der Waals surface area contributed by atoms with Crippen LogP contribution in [0.4, 0.5) is 29.1 Å². The number of carbonyl (C=O) groups is 1. The molecule has 3 rings (SSSR count). The monoisotopic (exact) mass is 419 g/mol. The third-order valence-corrected chi connectivity index (χ3v) is 4.20. The van der Waals surface area contributed by atoms with Crippen LogP contribution in [0.5, 0.6) is 5.75 Å². The first-order valence-corrected chi connectivity index (χ1v) is 8.78. The summed E-state index contributed by atoms with van der Waals surface area (Å²) in [6, 6.07) is 11.7. The molecule has 30 heavy (non-hydrogen) atoms. The fraction of sp³-hybridized carbons (Fsp3) is 0.143. The zero-order valence-corrected chi connectivity index (χ0v) is 15.8. The number of methoxy groups -OCH3 is 1. The quantitative estimate of drug-likeness (QED) is 0.545. The molecule has 0 unspecified atom stereocenters. The lowest BCUT2D eigenvalue weighted by molar-refractivity contribution is -0.137. The first-order valence-electron chi connectivity index (χ1n) is 8.78. The van der Waals surface area contributed by atoms with Gasteiger partial charge in [0.25, 0.3) is 5.91 Å². The molecule has 2 N–H and O–H groups in total. The summed E-state index contributed by atoms with van der Waals surface area (Å²) in [4.78, 5) is 16.9. The number of amides is 1. The van der Waals surface area contributed by atoms with Crippen LogP contribution in [0, 0.1) is 5.82 Å².